The number of nitrogens with one attached hydrogen (secondary N) is 3. The maximum atomic E-state index is 12.4. The largest absolute Gasteiger partial charge is 0.478 e. The molecule has 8 nitrogen and oxygen atoms in total. The monoisotopic (exact) mass is 463 g/mol. The molecule has 0 bridgehead atoms. The van der Waals surface area contributed by atoms with Crippen LogP contribution in [-0.4, -0.2) is 44.9 Å². The van der Waals surface area contributed by atoms with Gasteiger partial charge in [0, 0.05) is 11.6 Å². The number of carboxylic acids is 1. The predicted octanol–water partition coefficient (Wildman–Crippen LogP) is 3.87. The predicted molar refractivity (Wildman–Crippen MR) is 129 cm³/mol. The van der Waals surface area contributed by atoms with Crippen LogP contribution in [-0.2, 0) is 4.79 Å². The van der Waals surface area contributed by atoms with Crippen LogP contribution in [0.3, 0.4) is 0 Å². The second-order valence-electron chi connectivity index (χ2n) is 9.61. The molecule has 1 aromatic carbocycles. The van der Waals surface area contributed by atoms with E-state index in [0.717, 1.165) is 18.5 Å². The number of carbonyl (C=O) groups excluding carboxylic acids is 1. The van der Waals surface area contributed by atoms with Crippen molar-refractivity contribution in [3.05, 3.63) is 29.8 Å². The highest BCUT2D eigenvalue weighted by Crippen LogP contribution is 2.31. The van der Waals surface area contributed by atoms with E-state index in [1.54, 1.807) is 12.1 Å². The molecule has 0 aromatic heterocycles. The van der Waals surface area contributed by atoms with E-state index < -0.39 is 5.97 Å². The summed E-state index contributed by atoms with van der Waals surface area (Å²) in [5.74, 6) is -0.628. The summed E-state index contributed by atoms with van der Waals surface area (Å²) in [6.07, 6.45) is 9.72. The van der Waals surface area contributed by atoms with Crippen LogP contribution in [0.15, 0.2) is 24.3 Å². The van der Waals surface area contributed by atoms with Gasteiger partial charge in [-0.3, -0.25) is 9.80 Å². The number of carbonyl (C=O) groups is 2. The maximum absolute atomic E-state index is 12.4. The summed E-state index contributed by atoms with van der Waals surface area (Å²) in [6, 6.07) is 7.26. The van der Waals surface area contributed by atoms with Gasteiger partial charge in [-0.25, -0.2) is 10.2 Å². The molecular formula is C23H37N5O3S. The molecule has 1 heterocycles. The molecule has 1 aromatic rings. The van der Waals surface area contributed by atoms with Crippen LogP contribution in [0.2, 0.25) is 0 Å². The molecular weight excluding hydrogens is 426 g/mol. The highest BCUT2D eigenvalue weighted by atomic mass is 32.2. The first kappa shape index (κ1) is 24.8. The number of hydrogen-bond acceptors (Lipinski definition) is 7. The quantitative estimate of drug-likeness (QED) is 0.505. The molecule has 178 valence electrons. The Morgan fingerprint density at radius 2 is 1.66 bits per heavy atom. The molecule has 1 aliphatic carbocycles. The Balaban J connectivity index is 1.77. The van der Waals surface area contributed by atoms with E-state index in [1.807, 2.05) is 32.9 Å². The second kappa shape index (κ2) is 11.4. The third-order valence-electron chi connectivity index (χ3n) is 5.69. The van der Waals surface area contributed by atoms with Gasteiger partial charge in [-0.05, 0) is 57.9 Å². The van der Waals surface area contributed by atoms with Gasteiger partial charge >= 0.3 is 5.97 Å². The Morgan fingerprint density at radius 3 is 2.22 bits per heavy atom. The fourth-order valence-corrected chi connectivity index (χ4v) is 5.09. The van der Waals surface area contributed by atoms with Crippen molar-refractivity contribution in [3.63, 3.8) is 0 Å². The van der Waals surface area contributed by atoms with Crippen molar-refractivity contribution in [2.45, 2.75) is 89.2 Å². The normalized spacial score (nSPS) is 21.6. The third kappa shape index (κ3) is 7.10. The first-order valence-corrected chi connectivity index (χ1v) is 12.6. The van der Waals surface area contributed by atoms with Crippen LogP contribution in [0, 0.1) is 0 Å². The lowest BCUT2D eigenvalue weighted by Crippen LogP contribution is -2.51. The van der Waals surface area contributed by atoms with Gasteiger partial charge in [-0.15, -0.1) is 16.9 Å². The summed E-state index contributed by atoms with van der Waals surface area (Å²) in [6.45, 7) is 5.92. The van der Waals surface area contributed by atoms with Crippen LogP contribution >= 0.6 is 11.8 Å². The highest BCUT2D eigenvalue weighted by molar-refractivity contribution is 8.00. The van der Waals surface area contributed by atoms with Crippen LogP contribution < -0.4 is 21.3 Å². The van der Waals surface area contributed by atoms with E-state index in [9.17, 15) is 14.7 Å². The Bertz CT molecular complexity index is 758. The molecule has 0 spiro atoms. The second-order valence-corrected chi connectivity index (χ2v) is 10.7. The number of carboxylic acid groups (broad SMARTS) is 1. The average Bonchev–Trinajstić information content (AvgIpc) is 3.19. The number of aromatic carboxylic acids is 1. The van der Waals surface area contributed by atoms with Crippen molar-refractivity contribution in [2.24, 2.45) is 0 Å². The first-order chi connectivity index (χ1) is 15.2. The summed E-state index contributed by atoms with van der Waals surface area (Å²) in [7, 11) is 0. The summed E-state index contributed by atoms with van der Waals surface area (Å²) in [5.41, 5.74) is 7.36. The smallest absolute Gasteiger partial charge is 0.335 e. The number of anilines is 1. The summed E-state index contributed by atoms with van der Waals surface area (Å²) >= 11 is 1.51. The lowest BCUT2D eigenvalue weighted by Gasteiger charge is -2.36. The van der Waals surface area contributed by atoms with Gasteiger partial charge in [-0.1, -0.05) is 38.5 Å². The Morgan fingerprint density at radius 1 is 1.06 bits per heavy atom. The molecule has 0 radical (unpaired) electrons. The van der Waals surface area contributed by atoms with Crippen LogP contribution in [0.5, 0.6) is 0 Å². The zero-order valence-electron chi connectivity index (χ0n) is 19.4. The molecule has 1 aliphatic heterocycles. The minimum Gasteiger partial charge on any atom is -0.478 e. The summed E-state index contributed by atoms with van der Waals surface area (Å²) in [5, 5.41) is 16.6. The zero-order valence-corrected chi connectivity index (χ0v) is 20.2. The Hall–Kier alpha value is -1.81. The molecule has 4 N–H and O–H groups in total. The van der Waals surface area contributed by atoms with Crippen LogP contribution in [0.1, 0.15) is 82.5 Å². The van der Waals surface area contributed by atoms with Crippen molar-refractivity contribution < 1.29 is 14.7 Å². The molecule has 1 unspecified atom stereocenters. The molecule has 9 heteroatoms. The van der Waals surface area contributed by atoms with Crippen molar-refractivity contribution in [1.29, 1.82) is 0 Å². The number of nitrogens with zero attached hydrogens (tertiary/aromatic N) is 2. The minimum absolute atomic E-state index is 0.00799. The Labute approximate surface area is 195 Å². The van der Waals surface area contributed by atoms with E-state index in [-0.39, 0.29) is 22.5 Å². The SMILES string of the molecule is CC(C)(C)NC(=O)CSC1NNN(C2CCCCCCCC2)N1c1ccc(C(=O)O)cc1. The number of hydrogen-bond donors (Lipinski definition) is 4. The van der Waals surface area contributed by atoms with E-state index >= 15 is 0 Å². The summed E-state index contributed by atoms with van der Waals surface area (Å²) < 4.78 is 0. The fourth-order valence-electron chi connectivity index (χ4n) is 4.21. The van der Waals surface area contributed by atoms with E-state index in [0.29, 0.717) is 11.8 Å². The molecule has 1 atom stereocenters. The number of rotatable bonds is 6. The Kier molecular flexibility index (Phi) is 8.81. The molecule has 3 rings (SSSR count). The first-order valence-electron chi connectivity index (χ1n) is 11.6. The fraction of sp³-hybridized carbons (Fsp3) is 0.652. The molecule has 2 aliphatic rings. The van der Waals surface area contributed by atoms with Crippen molar-refractivity contribution >= 4 is 29.3 Å². The molecule has 32 heavy (non-hydrogen) atoms. The lowest BCUT2D eigenvalue weighted by molar-refractivity contribution is -0.119. The van der Waals surface area contributed by atoms with Crippen molar-refractivity contribution in [2.75, 3.05) is 10.8 Å². The van der Waals surface area contributed by atoms with Gasteiger partial charge in [-0.2, -0.15) is 5.53 Å². The molecule has 1 amide bonds. The van der Waals surface area contributed by atoms with E-state index in [2.05, 4.69) is 26.4 Å². The van der Waals surface area contributed by atoms with Crippen molar-refractivity contribution in [3.8, 4) is 0 Å². The lowest BCUT2D eigenvalue weighted by atomic mass is 10.1. The van der Waals surface area contributed by atoms with Crippen LogP contribution in [0.25, 0.3) is 0 Å². The van der Waals surface area contributed by atoms with E-state index in [4.69, 9.17) is 0 Å². The highest BCUT2D eigenvalue weighted by Gasteiger charge is 2.37. The number of benzene rings is 1. The topological polar surface area (TPSA) is 96.9 Å². The van der Waals surface area contributed by atoms with Crippen LogP contribution in [0.4, 0.5) is 5.69 Å². The average molecular weight is 464 g/mol. The van der Waals surface area contributed by atoms with E-state index in [1.165, 1.54) is 50.3 Å². The number of thioether (sulfide) groups is 1. The van der Waals surface area contributed by atoms with Gasteiger partial charge < -0.3 is 10.4 Å². The molecule has 1 saturated heterocycles. The number of amides is 1. The van der Waals surface area contributed by atoms with Gasteiger partial charge in [0.25, 0.3) is 0 Å². The van der Waals surface area contributed by atoms with Crippen molar-refractivity contribution in [1.82, 2.24) is 21.4 Å². The summed E-state index contributed by atoms with van der Waals surface area (Å²) in [4.78, 5) is 23.7. The van der Waals surface area contributed by atoms with Gasteiger partial charge in [0.05, 0.1) is 17.0 Å². The molecule has 2 fully saturated rings. The van der Waals surface area contributed by atoms with Gasteiger partial charge in [0.1, 0.15) is 0 Å². The maximum Gasteiger partial charge on any atom is 0.335 e. The standard InChI is InChI=1S/C23H37N5O3S/c1-23(2,3)24-20(29)16-32-22-25-26-28(19-10-8-6-4-5-7-9-11-19)27(22)18-14-12-17(13-15-18)21(30)31/h12-15,19,22,25-26H,4-11,16H2,1-3H3,(H,24,29)(H,30,31). The van der Waals surface area contributed by atoms with Gasteiger partial charge in [0.2, 0.25) is 5.91 Å². The van der Waals surface area contributed by atoms with Gasteiger partial charge in [0.15, 0.2) is 5.50 Å². The minimum atomic E-state index is -0.938. The third-order valence-corrected chi connectivity index (χ3v) is 6.76. The molecule has 1 saturated carbocycles. The number of hydrazine groups is 3. The zero-order chi connectivity index (χ0) is 23.1.